The molecule has 1 heterocycles. The summed E-state index contributed by atoms with van der Waals surface area (Å²) in [7, 11) is -3.26. The lowest BCUT2D eigenvalue weighted by Crippen LogP contribution is -2.54. The van der Waals surface area contributed by atoms with E-state index in [2.05, 4.69) is 5.16 Å². The number of rotatable bonds is 7. The van der Waals surface area contributed by atoms with Gasteiger partial charge < -0.3 is 15.7 Å². The van der Waals surface area contributed by atoms with Crippen LogP contribution in [-0.4, -0.2) is 79.9 Å². The van der Waals surface area contributed by atoms with Crippen LogP contribution in [0.2, 0.25) is 0 Å². The van der Waals surface area contributed by atoms with Gasteiger partial charge in [0.25, 0.3) is 0 Å². The predicted molar refractivity (Wildman–Crippen MR) is 76.3 cm³/mol. The Labute approximate surface area is 120 Å². The Kier molecular flexibility index (Phi) is 6.66. The Morgan fingerprint density at radius 3 is 2.50 bits per heavy atom. The first-order chi connectivity index (χ1) is 9.42. The fourth-order valence-corrected chi connectivity index (χ4v) is 3.38. The summed E-state index contributed by atoms with van der Waals surface area (Å²) >= 11 is 0. The molecule has 1 aliphatic heterocycles. The summed E-state index contributed by atoms with van der Waals surface area (Å²) in [5.41, 5.74) is 5.56. The quantitative estimate of drug-likeness (QED) is 0.207. The van der Waals surface area contributed by atoms with E-state index in [1.807, 2.05) is 18.7 Å². The van der Waals surface area contributed by atoms with Gasteiger partial charge in [0.05, 0.1) is 18.4 Å². The van der Waals surface area contributed by atoms with Gasteiger partial charge in [-0.05, 0) is 13.8 Å². The van der Waals surface area contributed by atoms with Gasteiger partial charge in [0.15, 0.2) is 5.84 Å². The van der Waals surface area contributed by atoms with Crippen LogP contribution >= 0.6 is 0 Å². The molecule has 3 N–H and O–H groups in total. The average molecular weight is 308 g/mol. The van der Waals surface area contributed by atoms with E-state index in [-0.39, 0.29) is 24.2 Å². The molecule has 0 bridgehead atoms. The standard InChI is InChI=1S/C11H24N4O4S/c1-3-19-8-9-20(17,18)15-6-4-14(5-7-15)10(2)11(12)13-16/h10,16H,3-9H2,1-2H3,(H2,12,13). The van der Waals surface area contributed by atoms with Crippen molar-refractivity contribution in [2.45, 2.75) is 19.9 Å². The summed E-state index contributed by atoms with van der Waals surface area (Å²) in [5, 5.41) is 11.6. The number of sulfonamides is 1. The highest BCUT2D eigenvalue weighted by Crippen LogP contribution is 2.11. The molecule has 1 fully saturated rings. The molecule has 0 amide bonds. The minimum absolute atomic E-state index is 0.0105. The molecule has 0 aromatic heterocycles. The van der Waals surface area contributed by atoms with Crippen molar-refractivity contribution in [3.05, 3.63) is 0 Å². The minimum atomic E-state index is -3.26. The summed E-state index contributed by atoms with van der Waals surface area (Å²) < 4.78 is 30.7. The molecule has 0 aliphatic carbocycles. The maximum atomic E-state index is 12.1. The van der Waals surface area contributed by atoms with Crippen LogP contribution in [0.25, 0.3) is 0 Å². The highest BCUT2D eigenvalue weighted by Gasteiger charge is 2.29. The smallest absolute Gasteiger partial charge is 0.216 e. The van der Waals surface area contributed by atoms with Gasteiger partial charge >= 0.3 is 0 Å². The second kappa shape index (κ2) is 7.77. The van der Waals surface area contributed by atoms with E-state index in [4.69, 9.17) is 15.7 Å². The van der Waals surface area contributed by atoms with Crippen molar-refractivity contribution in [2.24, 2.45) is 10.9 Å². The number of amidine groups is 1. The normalized spacial score (nSPS) is 21.0. The third kappa shape index (κ3) is 4.58. The monoisotopic (exact) mass is 308 g/mol. The van der Waals surface area contributed by atoms with Crippen LogP contribution in [0.4, 0.5) is 0 Å². The van der Waals surface area contributed by atoms with Crippen LogP contribution in [-0.2, 0) is 14.8 Å². The second-order valence-corrected chi connectivity index (χ2v) is 6.74. The summed E-state index contributed by atoms with van der Waals surface area (Å²) in [4.78, 5) is 1.99. The van der Waals surface area contributed by atoms with Gasteiger partial charge in [-0.3, -0.25) is 4.90 Å². The number of nitrogens with zero attached hydrogens (tertiary/aromatic N) is 3. The summed E-state index contributed by atoms with van der Waals surface area (Å²) in [5.74, 6) is 0.147. The highest BCUT2D eigenvalue weighted by molar-refractivity contribution is 7.89. The first-order valence-corrected chi connectivity index (χ1v) is 8.30. The molecule has 0 radical (unpaired) electrons. The van der Waals surface area contributed by atoms with Gasteiger partial charge in [0.1, 0.15) is 0 Å². The molecule has 0 spiro atoms. The van der Waals surface area contributed by atoms with E-state index in [9.17, 15) is 8.42 Å². The molecule has 20 heavy (non-hydrogen) atoms. The van der Waals surface area contributed by atoms with Gasteiger partial charge in [0, 0.05) is 32.8 Å². The van der Waals surface area contributed by atoms with E-state index in [1.165, 1.54) is 4.31 Å². The zero-order chi connectivity index (χ0) is 15.2. The van der Waals surface area contributed by atoms with Crippen molar-refractivity contribution in [3.63, 3.8) is 0 Å². The molecule has 1 atom stereocenters. The van der Waals surface area contributed by atoms with Crippen LogP contribution in [0.5, 0.6) is 0 Å². The Bertz CT molecular complexity index is 418. The van der Waals surface area contributed by atoms with Crippen molar-refractivity contribution in [3.8, 4) is 0 Å². The third-order valence-electron chi connectivity index (χ3n) is 3.45. The number of piperazine rings is 1. The summed E-state index contributed by atoms with van der Waals surface area (Å²) in [6, 6.07) is -0.201. The molecule has 1 aliphatic rings. The zero-order valence-corrected chi connectivity index (χ0v) is 12.8. The maximum absolute atomic E-state index is 12.1. The lowest BCUT2D eigenvalue weighted by Gasteiger charge is -2.36. The Morgan fingerprint density at radius 2 is 2.00 bits per heavy atom. The maximum Gasteiger partial charge on any atom is 0.216 e. The highest BCUT2D eigenvalue weighted by atomic mass is 32.2. The Balaban J connectivity index is 2.49. The summed E-state index contributed by atoms with van der Waals surface area (Å²) in [6.45, 7) is 6.35. The molecule has 0 aromatic rings. The van der Waals surface area contributed by atoms with Gasteiger partial charge in [-0.15, -0.1) is 0 Å². The van der Waals surface area contributed by atoms with Gasteiger partial charge in [-0.25, -0.2) is 8.42 Å². The van der Waals surface area contributed by atoms with E-state index >= 15 is 0 Å². The van der Waals surface area contributed by atoms with Gasteiger partial charge in [-0.1, -0.05) is 5.16 Å². The van der Waals surface area contributed by atoms with E-state index in [1.54, 1.807) is 0 Å². The number of hydrogen-bond acceptors (Lipinski definition) is 6. The van der Waals surface area contributed by atoms with Crippen molar-refractivity contribution in [1.82, 2.24) is 9.21 Å². The van der Waals surface area contributed by atoms with Crippen LogP contribution in [0.3, 0.4) is 0 Å². The third-order valence-corrected chi connectivity index (χ3v) is 5.28. The van der Waals surface area contributed by atoms with Gasteiger partial charge in [0.2, 0.25) is 10.0 Å². The Hall–Kier alpha value is -0.900. The van der Waals surface area contributed by atoms with Gasteiger partial charge in [-0.2, -0.15) is 4.31 Å². The van der Waals surface area contributed by atoms with E-state index in [0.29, 0.717) is 32.8 Å². The first-order valence-electron chi connectivity index (χ1n) is 6.69. The van der Waals surface area contributed by atoms with Crippen LogP contribution in [0, 0.1) is 0 Å². The fraction of sp³-hybridized carbons (Fsp3) is 0.909. The van der Waals surface area contributed by atoms with Crippen LogP contribution in [0.1, 0.15) is 13.8 Å². The fourth-order valence-electron chi connectivity index (χ4n) is 2.08. The topological polar surface area (TPSA) is 108 Å². The second-order valence-electron chi connectivity index (χ2n) is 4.65. The van der Waals surface area contributed by atoms with Crippen molar-refractivity contribution in [2.75, 3.05) is 45.1 Å². The zero-order valence-electron chi connectivity index (χ0n) is 12.0. The minimum Gasteiger partial charge on any atom is -0.409 e. The molecule has 118 valence electrons. The molecule has 0 saturated carbocycles. The lowest BCUT2D eigenvalue weighted by molar-refractivity contribution is 0.156. The predicted octanol–water partition coefficient (Wildman–Crippen LogP) is -0.895. The SMILES string of the molecule is CCOCCS(=O)(=O)N1CCN(C(C)C(N)=NO)CC1. The van der Waals surface area contributed by atoms with Crippen molar-refractivity contribution >= 4 is 15.9 Å². The molecule has 0 aromatic carbocycles. The Morgan fingerprint density at radius 1 is 1.40 bits per heavy atom. The van der Waals surface area contributed by atoms with E-state index in [0.717, 1.165) is 0 Å². The summed E-state index contributed by atoms with van der Waals surface area (Å²) in [6.07, 6.45) is 0. The van der Waals surface area contributed by atoms with Crippen LogP contribution in [0.15, 0.2) is 5.16 Å². The molecule has 1 unspecified atom stereocenters. The van der Waals surface area contributed by atoms with Crippen molar-refractivity contribution < 1.29 is 18.4 Å². The largest absolute Gasteiger partial charge is 0.409 e. The molecule has 8 nitrogen and oxygen atoms in total. The van der Waals surface area contributed by atoms with E-state index < -0.39 is 10.0 Å². The van der Waals surface area contributed by atoms with Crippen LogP contribution < -0.4 is 5.73 Å². The lowest BCUT2D eigenvalue weighted by atomic mass is 10.2. The van der Waals surface area contributed by atoms with Crippen molar-refractivity contribution in [1.29, 1.82) is 0 Å². The molecular weight excluding hydrogens is 284 g/mol. The number of nitrogens with two attached hydrogens (primary N) is 1. The number of hydrogen-bond donors (Lipinski definition) is 2. The molecule has 1 rings (SSSR count). The first kappa shape index (κ1) is 17.2. The molecular formula is C11H24N4O4S. The number of oxime groups is 1. The molecule has 1 saturated heterocycles. The molecule has 9 heteroatoms. The number of ether oxygens (including phenoxy) is 1. The average Bonchev–Trinajstić information content (AvgIpc) is 2.46.